The largest absolute Gasteiger partial charge is 0.497 e. The van der Waals surface area contributed by atoms with Crippen LogP contribution in [0.5, 0.6) is 5.75 Å². The molecule has 0 heterocycles. The SMILES string of the molecule is COc1ccc(Br)c(CC2CCCCC2O)c1. The smallest absolute Gasteiger partial charge is 0.119 e. The molecule has 17 heavy (non-hydrogen) atoms. The fraction of sp³-hybridized carbons (Fsp3) is 0.571. The number of benzene rings is 1. The molecule has 1 aliphatic rings. The average molecular weight is 299 g/mol. The van der Waals surface area contributed by atoms with Gasteiger partial charge in [0.25, 0.3) is 0 Å². The molecule has 1 aliphatic carbocycles. The van der Waals surface area contributed by atoms with Crippen molar-refractivity contribution in [3.05, 3.63) is 28.2 Å². The van der Waals surface area contributed by atoms with Gasteiger partial charge in [-0.1, -0.05) is 28.8 Å². The first-order valence-electron chi connectivity index (χ1n) is 6.21. The number of halogens is 1. The molecule has 1 N–H and O–H groups in total. The van der Waals surface area contributed by atoms with Crippen LogP contribution in [-0.4, -0.2) is 18.3 Å². The van der Waals surface area contributed by atoms with E-state index < -0.39 is 0 Å². The van der Waals surface area contributed by atoms with E-state index in [0.29, 0.717) is 5.92 Å². The second-order valence-electron chi connectivity index (χ2n) is 4.77. The molecule has 2 unspecified atom stereocenters. The molecule has 2 atom stereocenters. The maximum atomic E-state index is 10.0. The predicted molar refractivity (Wildman–Crippen MR) is 72.4 cm³/mol. The van der Waals surface area contributed by atoms with Gasteiger partial charge in [-0.2, -0.15) is 0 Å². The van der Waals surface area contributed by atoms with Gasteiger partial charge in [0.2, 0.25) is 0 Å². The third-order valence-electron chi connectivity index (χ3n) is 3.60. The number of hydrogen-bond acceptors (Lipinski definition) is 2. The average Bonchev–Trinajstić information content (AvgIpc) is 2.35. The minimum Gasteiger partial charge on any atom is -0.497 e. The second-order valence-corrected chi connectivity index (χ2v) is 5.63. The lowest BCUT2D eigenvalue weighted by Crippen LogP contribution is -2.26. The fourth-order valence-electron chi connectivity index (χ4n) is 2.54. The van der Waals surface area contributed by atoms with Gasteiger partial charge in [0, 0.05) is 4.47 Å². The Kier molecular flexibility index (Phi) is 4.46. The minimum atomic E-state index is -0.137. The Morgan fingerprint density at radius 1 is 1.35 bits per heavy atom. The maximum absolute atomic E-state index is 10.0. The van der Waals surface area contributed by atoms with Gasteiger partial charge < -0.3 is 9.84 Å². The van der Waals surface area contributed by atoms with E-state index >= 15 is 0 Å². The predicted octanol–water partition coefficient (Wildman–Crippen LogP) is 3.55. The van der Waals surface area contributed by atoms with Crippen molar-refractivity contribution in [2.75, 3.05) is 7.11 Å². The molecule has 0 saturated heterocycles. The molecule has 0 aliphatic heterocycles. The lowest BCUT2D eigenvalue weighted by molar-refractivity contribution is 0.0699. The van der Waals surface area contributed by atoms with E-state index in [1.807, 2.05) is 12.1 Å². The van der Waals surface area contributed by atoms with Crippen molar-refractivity contribution < 1.29 is 9.84 Å². The molecular formula is C14H19BrO2. The Hall–Kier alpha value is -0.540. The monoisotopic (exact) mass is 298 g/mol. The molecule has 1 saturated carbocycles. The molecule has 1 aromatic carbocycles. The summed E-state index contributed by atoms with van der Waals surface area (Å²) in [6, 6.07) is 6.03. The third-order valence-corrected chi connectivity index (χ3v) is 4.38. The van der Waals surface area contributed by atoms with Crippen molar-refractivity contribution in [1.29, 1.82) is 0 Å². The van der Waals surface area contributed by atoms with Crippen LogP contribution in [-0.2, 0) is 6.42 Å². The van der Waals surface area contributed by atoms with Crippen LogP contribution in [0.2, 0.25) is 0 Å². The summed E-state index contributed by atoms with van der Waals surface area (Å²) >= 11 is 3.57. The van der Waals surface area contributed by atoms with E-state index in [1.54, 1.807) is 7.11 Å². The lowest BCUT2D eigenvalue weighted by Gasteiger charge is -2.28. The van der Waals surface area contributed by atoms with Gasteiger partial charge in [-0.3, -0.25) is 0 Å². The summed E-state index contributed by atoms with van der Waals surface area (Å²) in [4.78, 5) is 0. The highest BCUT2D eigenvalue weighted by atomic mass is 79.9. The Bertz CT molecular complexity index is 378. The Morgan fingerprint density at radius 2 is 2.12 bits per heavy atom. The molecule has 0 spiro atoms. The van der Waals surface area contributed by atoms with Gasteiger partial charge in [0.05, 0.1) is 13.2 Å². The van der Waals surface area contributed by atoms with Gasteiger partial charge in [-0.25, -0.2) is 0 Å². The first kappa shape index (κ1) is 12.9. The number of methoxy groups -OCH3 is 1. The third kappa shape index (κ3) is 3.23. The standard InChI is InChI=1S/C14H19BrO2/c1-17-12-6-7-13(15)11(9-12)8-10-4-2-3-5-14(10)16/h6-7,9-10,14,16H,2-5,8H2,1H3. The maximum Gasteiger partial charge on any atom is 0.119 e. The topological polar surface area (TPSA) is 29.5 Å². The quantitative estimate of drug-likeness (QED) is 0.925. The summed E-state index contributed by atoms with van der Waals surface area (Å²) in [5, 5.41) is 10.0. The summed E-state index contributed by atoms with van der Waals surface area (Å²) in [7, 11) is 1.68. The lowest BCUT2D eigenvalue weighted by atomic mass is 9.82. The summed E-state index contributed by atoms with van der Waals surface area (Å²) in [6.07, 6.45) is 5.28. The summed E-state index contributed by atoms with van der Waals surface area (Å²) in [5.74, 6) is 1.28. The van der Waals surface area contributed by atoms with E-state index in [-0.39, 0.29) is 6.10 Å². The van der Waals surface area contributed by atoms with Crippen LogP contribution in [0.15, 0.2) is 22.7 Å². The van der Waals surface area contributed by atoms with Crippen LogP contribution in [0, 0.1) is 5.92 Å². The van der Waals surface area contributed by atoms with Crippen LogP contribution in [0.25, 0.3) is 0 Å². The van der Waals surface area contributed by atoms with Crippen molar-refractivity contribution >= 4 is 15.9 Å². The molecule has 0 radical (unpaired) electrons. The number of rotatable bonds is 3. The molecule has 1 aromatic rings. The van der Waals surface area contributed by atoms with Crippen molar-refractivity contribution in [2.24, 2.45) is 5.92 Å². The highest BCUT2D eigenvalue weighted by Gasteiger charge is 2.23. The molecule has 2 rings (SSSR count). The zero-order chi connectivity index (χ0) is 12.3. The first-order valence-corrected chi connectivity index (χ1v) is 7.00. The Morgan fingerprint density at radius 3 is 2.82 bits per heavy atom. The molecule has 2 nitrogen and oxygen atoms in total. The van der Waals surface area contributed by atoms with Crippen molar-refractivity contribution in [1.82, 2.24) is 0 Å². The van der Waals surface area contributed by atoms with Gasteiger partial charge >= 0.3 is 0 Å². The van der Waals surface area contributed by atoms with E-state index in [4.69, 9.17) is 4.74 Å². The zero-order valence-corrected chi connectivity index (χ0v) is 11.7. The first-order chi connectivity index (χ1) is 8.20. The molecule has 0 bridgehead atoms. The van der Waals surface area contributed by atoms with Crippen molar-refractivity contribution in [3.63, 3.8) is 0 Å². The van der Waals surface area contributed by atoms with Crippen molar-refractivity contribution in [2.45, 2.75) is 38.2 Å². The van der Waals surface area contributed by atoms with Crippen LogP contribution in [0.4, 0.5) is 0 Å². The fourth-order valence-corrected chi connectivity index (χ4v) is 2.95. The highest BCUT2D eigenvalue weighted by Crippen LogP contribution is 2.31. The normalized spacial score (nSPS) is 24.6. The summed E-state index contributed by atoms with van der Waals surface area (Å²) < 4.78 is 6.35. The summed E-state index contributed by atoms with van der Waals surface area (Å²) in [5.41, 5.74) is 1.23. The number of aliphatic hydroxyl groups excluding tert-OH is 1. The summed E-state index contributed by atoms with van der Waals surface area (Å²) in [6.45, 7) is 0. The van der Waals surface area contributed by atoms with Crippen LogP contribution in [0.3, 0.4) is 0 Å². The van der Waals surface area contributed by atoms with Crippen LogP contribution >= 0.6 is 15.9 Å². The van der Waals surface area contributed by atoms with E-state index in [0.717, 1.165) is 35.9 Å². The van der Waals surface area contributed by atoms with E-state index in [2.05, 4.69) is 22.0 Å². The highest BCUT2D eigenvalue weighted by molar-refractivity contribution is 9.10. The molecule has 0 amide bonds. The number of aliphatic hydroxyl groups is 1. The van der Waals surface area contributed by atoms with Gasteiger partial charge in [-0.15, -0.1) is 0 Å². The number of ether oxygens (including phenoxy) is 1. The molecular weight excluding hydrogens is 280 g/mol. The van der Waals surface area contributed by atoms with Crippen LogP contribution < -0.4 is 4.74 Å². The molecule has 94 valence electrons. The van der Waals surface area contributed by atoms with Crippen LogP contribution in [0.1, 0.15) is 31.2 Å². The zero-order valence-electron chi connectivity index (χ0n) is 10.2. The Labute approximate surface area is 111 Å². The van der Waals surface area contributed by atoms with Crippen molar-refractivity contribution in [3.8, 4) is 5.75 Å². The molecule has 3 heteroatoms. The van der Waals surface area contributed by atoms with Gasteiger partial charge in [0.15, 0.2) is 0 Å². The van der Waals surface area contributed by atoms with Gasteiger partial charge in [0.1, 0.15) is 5.75 Å². The molecule has 0 aromatic heterocycles. The van der Waals surface area contributed by atoms with Gasteiger partial charge in [-0.05, 0) is 48.9 Å². The second kappa shape index (κ2) is 5.87. The Balaban J connectivity index is 2.11. The van der Waals surface area contributed by atoms with E-state index in [9.17, 15) is 5.11 Å². The minimum absolute atomic E-state index is 0.137. The van der Waals surface area contributed by atoms with E-state index in [1.165, 1.54) is 12.0 Å². The molecule has 1 fully saturated rings. The number of hydrogen-bond donors (Lipinski definition) is 1.